The molecule has 0 aliphatic rings. The number of nitrogens with zero attached hydrogens (tertiary/aromatic N) is 3. The Morgan fingerprint density at radius 1 is 1.26 bits per heavy atom. The minimum absolute atomic E-state index is 0.0191. The van der Waals surface area contributed by atoms with Gasteiger partial charge >= 0.3 is 6.18 Å². The van der Waals surface area contributed by atoms with Gasteiger partial charge in [0, 0.05) is 18.3 Å². The van der Waals surface area contributed by atoms with Gasteiger partial charge < -0.3 is 15.7 Å². The molecule has 0 unspecified atom stereocenters. The third-order valence-corrected chi connectivity index (χ3v) is 2.84. The summed E-state index contributed by atoms with van der Waals surface area (Å²) in [4.78, 5) is 11.5. The lowest BCUT2D eigenvalue weighted by Crippen LogP contribution is -2.22. The van der Waals surface area contributed by atoms with Crippen LogP contribution in [0.25, 0.3) is 0 Å². The van der Waals surface area contributed by atoms with E-state index in [1.54, 1.807) is 31.3 Å². The van der Waals surface area contributed by atoms with Crippen molar-refractivity contribution in [3.8, 4) is 0 Å². The van der Waals surface area contributed by atoms with Crippen LogP contribution < -0.4 is 10.6 Å². The molecule has 0 aliphatic carbocycles. The number of alkyl halides is 3. The first-order valence-electron chi connectivity index (χ1n) is 6.86. The second-order valence-electron chi connectivity index (χ2n) is 4.86. The number of aliphatic hydroxyl groups is 1. The minimum Gasteiger partial charge on any atom is -0.394 e. The van der Waals surface area contributed by atoms with Crippen molar-refractivity contribution in [1.29, 1.82) is 0 Å². The molecule has 23 heavy (non-hydrogen) atoms. The van der Waals surface area contributed by atoms with E-state index in [9.17, 15) is 13.2 Å². The van der Waals surface area contributed by atoms with E-state index in [2.05, 4.69) is 25.6 Å². The Hall–Kier alpha value is -2.42. The zero-order chi connectivity index (χ0) is 16.9. The molecule has 6 nitrogen and oxygen atoms in total. The highest BCUT2D eigenvalue weighted by Gasteiger charge is 2.33. The van der Waals surface area contributed by atoms with E-state index in [-0.39, 0.29) is 24.9 Å². The van der Waals surface area contributed by atoms with Crippen molar-refractivity contribution in [2.75, 3.05) is 17.2 Å². The van der Waals surface area contributed by atoms with Crippen LogP contribution in [0, 0.1) is 0 Å². The zero-order valence-corrected chi connectivity index (χ0v) is 12.3. The summed E-state index contributed by atoms with van der Waals surface area (Å²) in [6, 6.07) is 5.63. The summed E-state index contributed by atoms with van der Waals surface area (Å²) < 4.78 is 38.8. The Labute approximate surface area is 130 Å². The third-order valence-electron chi connectivity index (χ3n) is 2.84. The van der Waals surface area contributed by atoms with Crippen molar-refractivity contribution in [2.24, 2.45) is 0 Å². The van der Waals surface area contributed by atoms with E-state index in [4.69, 9.17) is 5.11 Å². The Bertz CT molecular complexity index is 636. The summed E-state index contributed by atoms with van der Waals surface area (Å²) in [5.41, 5.74) is -0.401. The van der Waals surface area contributed by atoms with Crippen LogP contribution in [-0.4, -0.2) is 32.7 Å². The van der Waals surface area contributed by atoms with Gasteiger partial charge in [-0.3, -0.25) is 4.98 Å². The van der Waals surface area contributed by atoms with Gasteiger partial charge in [-0.1, -0.05) is 6.07 Å². The molecule has 0 saturated carbocycles. The fraction of sp³-hybridized carbons (Fsp3) is 0.357. The minimum atomic E-state index is -4.59. The van der Waals surface area contributed by atoms with Crippen LogP contribution in [0.2, 0.25) is 0 Å². The summed E-state index contributed by atoms with van der Waals surface area (Å²) in [6.45, 7) is 1.57. The van der Waals surface area contributed by atoms with Gasteiger partial charge in [0.05, 0.1) is 18.8 Å². The van der Waals surface area contributed by atoms with Crippen molar-refractivity contribution in [3.05, 3.63) is 41.9 Å². The van der Waals surface area contributed by atoms with Crippen LogP contribution >= 0.6 is 0 Å². The van der Waals surface area contributed by atoms with Crippen LogP contribution in [-0.2, 0) is 12.7 Å². The summed E-state index contributed by atoms with van der Waals surface area (Å²) in [5.74, 6) is -0.185. The topological polar surface area (TPSA) is 83.0 Å². The van der Waals surface area contributed by atoms with Crippen molar-refractivity contribution in [3.63, 3.8) is 0 Å². The molecule has 1 atom stereocenters. The summed E-state index contributed by atoms with van der Waals surface area (Å²) in [7, 11) is 0. The van der Waals surface area contributed by atoms with Crippen molar-refractivity contribution >= 4 is 11.8 Å². The number of hydrogen-bond donors (Lipinski definition) is 3. The number of aromatic nitrogens is 3. The van der Waals surface area contributed by atoms with Gasteiger partial charge in [-0.2, -0.15) is 18.2 Å². The summed E-state index contributed by atoms with van der Waals surface area (Å²) >= 11 is 0. The number of nitrogens with one attached hydrogen (secondary N) is 2. The van der Waals surface area contributed by atoms with Crippen molar-refractivity contribution in [2.45, 2.75) is 25.7 Å². The molecule has 2 aromatic rings. The lowest BCUT2D eigenvalue weighted by atomic mass is 10.3. The largest absolute Gasteiger partial charge is 0.433 e. The Balaban J connectivity index is 2.21. The summed E-state index contributed by atoms with van der Waals surface area (Å²) in [6.07, 6.45) is -3.00. The van der Waals surface area contributed by atoms with Crippen molar-refractivity contribution < 1.29 is 18.3 Å². The van der Waals surface area contributed by atoms with Gasteiger partial charge in [-0.05, 0) is 19.1 Å². The molecule has 0 spiro atoms. The third kappa shape index (κ3) is 5.06. The molecule has 9 heteroatoms. The van der Waals surface area contributed by atoms with Crippen LogP contribution in [0.15, 0.2) is 30.5 Å². The van der Waals surface area contributed by atoms with Gasteiger partial charge in [-0.25, -0.2) is 4.98 Å². The molecule has 0 fully saturated rings. The molecular formula is C14H16F3N5O. The van der Waals surface area contributed by atoms with Gasteiger partial charge in [0.25, 0.3) is 0 Å². The average molecular weight is 327 g/mol. The average Bonchev–Trinajstić information content (AvgIpc) is 2.53. The van der Waals surface area contributed by atoms with E-state index < -0.39 is 17.9 Å². The zero-order valence-electron chi connectivity index (χ0n) is 12.3. The highest BCUT2D eigenvalue weighted by atomic mass is 19.4. The predicted octanol–water partition coefficient (Wildman–Crippen LogP) is 2.30. The standard InChI is InChI=1S/C14H16F3N5O/c1-9(8-23)20-13-21-11(14(15,16)17)6-12(22-13)19-7-10-4-2-3-5-18-10/h2-6,9,23H,7-8H2,1H3,(H2,19,20,21,22)/t9-/m1/s1. The molecule has 0 saturated heterocycles. The SMILES string of the molecule is C[C@H](CO)Nc1nc(NCc2ccccn2)cc(C(F)(F)F)n1. The van der Waals surface area contributed by atoms with E-state index >= 15 is 0 Å². The lowest BCUT2D eigenvalue weighted by Gasteiger charge is -2.15. The molecule has 0 aromatic carbocycles. The maximum Gasteiger partial charge on any atom is 0.433 e. The quantitative estimate of drug-likeness (QED) is 0.755. The van der Waals surface area contributed by atoms with E-state index in [1.165, 1.54) is 0 Å². The smallest absolute Gasteiger partial charge is 0.394 e. The van der Waals surface area contributed by atoms with Crippen LogP contribution in [0.5, 0.6) is 0 Å². The molecule has 0 aliphatic heterocycles. The second-order valence-corrected chi connectivity index (χ2v) is 4.86. The first-order valence-corrected chi connectivity index (χ1v) is 6.86. The first-order chi connectivity index (χ1) is 10.9. The molecular weight excluding hydrogens is 311 g/mol. The fourth-order valence-electron chi connectivity index (χ4n) is 1.70. The van der Waals surface area contributed by atoms with Crippen LogP contribution in [0.4, 0.5) is 24.9 Å². The Morgan fingerprint density at radius 2 is 2.04 bits per heavy atom. The molecule has 0 radical (unpaired) electrons. The van der Waals surface area contributed by atoms with Crippen LogP contribution in [0.1, 0.15) is 18.3 Å². The number of hydrogen-bond acceptors (Lipinski definition) is 6. The number of pyridine rings is 1. The monoisotopic (exact) mass is 327 g/mol. The van der Waals surface area contributed by atoms with E-state index in [1.807, 2.05) is 0 Å². The Kier molecular flexibility index (Phi) is 5.32. The molecule has 2 rings (SSSR count). The Morgan fingerprint density at radius 3 is 2.65 bits per heavy atom. The highest BCUT2D eigenvalue weighted by molar-refractivity contribution is 5.43. The first kappa shape index (κ1) is 16.9. The number of halogens is 3. The maximum atomic E-state index is 12.9. The van der Waals surface area contributed by atoms with E-state index in [0.717, 1.165) is 6.07 Å². The van der Waals surface area contributed by atoms with Gasteiger partial charge in [-0.15, -0.1) is 0 Å². The van der Waals surface area contributed by atoms with E-state index in [0.29, 0.717) is 5.69 Å². The molecule has 0 amide bonds. The molecule has 2 aromatic heterocycles. The normalized spacial score (nSPS) is 12.7. The lowest BCUT2D eigenvalue weighted by molar-refractivity contribution is -0.141. The molecule has 124 valence electrons. The fourth-order valence-corrected chi connectivity index (χ4v) is 1.70. The number of aliphatic hydroxyl groups excluding tert-OH is 1. The predicted molar refractivity (Wildman–Crippen MR) is 78.8 cm³/mol. The van der Waals surface area contributed by atoms with Gasteiger partial charge in [0.2, 0.25) is 5.95 Å². The van der Waals surface area contributed by atoms with Gasteiger partial charge in [0.15, 0.2) is 5.69 Å². The maximum absolute atomic E-state index is 12.9. The summed E-state index contributed by atoms with van der Waals surface area (Å²) in [5, 5.41) is 14.4. The molecule has 3 N–H and O–H groups in total. The second kappa shape index (κ2) is 7.23. The number of anilines is 2. The van der Waals surface area contributed by atoms with Crippen molar-refractivity contribution in [1.82, 2.24) is 15.0 Å². The highest BCUT2D eigenvalue weighted by Crippen LogP contribution is 2.29. The van der Waals surface area contributed by atoms with Crippen LogP contribution in [0.3, 0.4) is 0 Å². The molecule has 0 bridgehead atoms. The van der Waals surface area contributed by atoms with Gasteiger partial charge in [0.1, 0.15) is 5.82 Å². The number of rotatable bonds is 6. The molecule has 2 heterocycles.